The van der Waals surface area contributed by atoms with Crippen LogP contribution in [0.2, 0.25) is 0 Å². The van der Waals surface area contributed by atoms with Gasteiger partial charge in [-0.25, -0.2) is 9.97 Å². The number of nitrogens with zero attached hydrogens (tertiary/aromatic N) is 5. The first-order valence-corrected chi connectivity index (χ1v) is 8.94. The van der Waals surface area contributed by atoms with Crippen LogP contribution in [0.1, 0.15) is 29.6 Å². The summed E-state index contributed by atoms with van der Waals surface area (Å²) in [5, 5.41) is 12.6. The quantitative estimate of drug-likeness (QED) is 0.864. The van der Waals surface area contributed by atoms with Crippen LogP contribution in [-0.2, 0) is 13.0 Å². The summed E-state index contributed by atoms with van der Waals surface area (Å²) >= 11 is 1.75. The predicted octanol–water partition coefficient (Wildman–Crippen LogP) is 2.68. The first kappa shape index (κ1) is 15.9. The second kappa shape index (κ2) is 7.53. The molecule has 1 fully saturated rings. The Morgan fingerprint density at radius 2 is 2.22 bits per heavy atom. The highest BCUT2D eigenvalue weighted by Gasteiger charge is 2.18. The van der Waals surface area contributed by atoms with Crippen LogP contribution in [0.15, 0.2) is 23.7 Å². The van der Waals surface area contributed by atoms with Gasteiger partial charge in [-0.3, -0.25) is 4.90 Å². The van der Waals surface area contributed by atoms with E-state index in [1.54, 1.807) is 17.5 Å². The molecular weight excluding hydrogens is 306 g/mol. The largest absolute Gasteiger partial charge is 0.354 e. The summed E-state index contributed by atoms with van der Waals surface area (Å²) in [5.41, 5.74) is 1.84. The van der Waals surface area contributed by atoms with Crippen molar-refractivity contribution in [1.29, 1.82) is 5.26 Å². The van der Waals surface area contributed by atoms with E-state index in [0.29, 0.717) is 5.56 Å². The van der Waals surface area contributed by atoms with Crippen molar-refractivity contribution >= 4 is 17.2 Å². The smallest absolute Gasteiger partial charge is 0.146 e. The molecule has 6 heteroatoms. The summed E-state index contributed by atoms with van der Waals surface area (Å²) in [6.07, 6.45) is 3.85. The molecule has 0 radical (unpaired) electrons. The van der Waals surface area contributed by atoms with Crippen LogP contribution in [0.25, 0.3) is 0 Å². The zero-order valence-electron chi connectivity index (χ0n) is 13.4. The third-order valence-corrected chi connectivity index (χ3v) is 5.12. The van der Waals surface area contributed by atoms with Crippen LogP contribution < -0.4 is 4.90 Å². The Labute approximate surface area is 141 Å². The van der Waals surface area contributed by atoms with Gasteiger partial charge in [0, 0.05) is 44.3 Å². The molecule has 0 amide bonds. The van der Waals surface area contributed by atoms with Gasteiger partial charge in [0.25, 0.3) is 0 Å². The summed E-state index contributed by atoms with van der Waals surface area (Å²) in [7, 11) is 0. The van der Waals surface area contributed by atoms with E-state index in [9.17, 15) is 5.26 Å². The van der Waals surface area contributed by atoms with Crippen molar-refractivity contribution in [3.05, 3.63) is 40.0 Å². The van der Waals surface area contributed by atoms with Crippen LogP contribution in [0.4, 0.5) is 5.82 Å². The van der Waals surface area contributed by atoms with E-state index < -0.39 is 0 Å². The van der Waals surface area contributed by atoms with E-state index in [0.717, 1.165) is 51.4 Å². The molecule has 0 N–H and O–H groups in total. The minimum Gasteiger partial charge on any atom is -0.354 e. The molecule has 0 atom stereocenters. The number of aromatic nitrogens is 2. The Bertz CT molecular complexity index is 690. The van der Waals surface area contributed by atoms with E-state index in [1.165, 1.54) is 10.7 Å². The summed E-state index contributed by atoms with van der Waals surface area (Å²) in [4.78, 5) is 13.8. The fraction of sp³-hybridized carbons (Fsp3) is 0.471. The first-order valence-electron chi connectivity index (χ1n) is 8.06. The van der Waals surface area contributed by atoms with Gasteiger partial charge in [0.05, 0.1) is 16.3 Å². The molecule has 3 heterocycles. The van der Waals surface area contributed by atoms with Gasteiger partial charge in [0.15, 0.2) is 0 Å². The molecule has 1 aliphatic heterocycles. The zero-order chi connectivity index (χ0) is 16.1. The standard InChI is InChI=1S/C17H21N5S/c1-2-16-20-15(13-23-16)12-21-7-4-8-22(10-9-21)17-14(11-18)5-3-6-19-17/h3,5-6,13H,2,4,7-10,12H2,1H3. The van der Waals surface area contributed by atoms with Crippen LogP contribution in [-0.4, -0.2) is 41.0 Å². The molecule has 0 saturated carbocycles. The Balaban J connectivity index is 1.64. The van der Waals surface area contributed by atoms with E-state index in [2.05, 4.69) is 38.1 Å². The topological polar surface area (TPSA) is 56.1 Å². The lowest BCUT2D eigenvalue weighted by molar-refractivity contribution is 0.282. The van der Waals surface area contributed by atoms with Gasteiger partial charge >= 0.3 is 0 Å². The minimum atomic E-state index is 0.660. The predicted molar refractivity (Wildman–Crippen MR) is 92.6 cm³/mol. The number of pyridine rings is 1. The molecule has 1 aliphatic rings. The van der Waals surface area contributed by atoms with Crippen molar-refractivity contribution in [2.24, 2.45) is 0 Å². The molecule has 0 aromatic carbocycles. The average Bonchev–Trinajstić information content (AvgIpc) is 2.92. The molecular formula is C17H21N5S. The lowest BCUT2D eigenvalue weighted by atomic mass is 10.2. The minimum absolute atomic E-state index is 0.660. The van der Waals surface area contributed by atoms with Crippen molar-refractivity contribution in [3.8, 4) is 6.07 Å². The number of hydrogen-bond donors (Lipinski definition) is 0. The van der Waals surface area contributed by atoms with Gasteiger partial charge < -0.3 is 4.90 Å². The highest BCUT2D eigenvalue weighted by Crippen LogP contribution is 2.19. The lowest BCUT2D eigenvalue weighted by Crippen LogP contribution is -2.31. The maximum atomic E-state index is 9.26. The van der Waals surface area contributed by atoms with Crippen LogP contribution in [0.3, 0.4) is 0 Å². The normalized spacial score (nSPS) is 16.1. The van der Waals surface area contributed by atoms with Gasteiger partial charge in [-0.15, -0.1) is 11.3 Å². The van der Waals surface area contributed by atoms with Crippen molar-refractivity contribution in [2.75, 3.05) is 31.1 Å². The fourth-order valence-corrected chi connectivity index (χ4v) is 3.63. The maximum absolute atomic E-state index is 9.26. The molecule has 1 saturated heterocycles. The Hall–Kier alpha value is -1.97. The number of anilines is 1. The fourth-order valence-electron chi connectivity index (χ4n) is 2.89. The number of thiazole rings is 1. The Morgan fingerprint density at radius 3 is 3.00 bits per heavy atom. The van der Waals surface area contributed by atoms with E-state index >= 15 is 0 Å². The average molecular weight is 327 g/mol. The number of rotatable bonds is 4. The summed E-state index contributed by atoms with van der Waals surface area (Å²) in [5.74, 6) is 0.818. The monoisotopic (exact) mass is 327 g/mol. The maximum Gasteiger partial charge on any atom is 0.146 e. The van der Waals surface area contributed by atoms with Crippen LogP contribution in [0.5, 0.6) is 0 Å². The van der Waals surface area contributed by atoms with E-state index in [1.807, 2.05) is 12.1 Å². The van der Waals surface area contributed by atoms with Gasteiger partial charge in [0.1, 0.15) is 11.9 Å². The van der Waals surface area contributed by atoms with Crippen LogP contribution >= 0.6 is 11.3 Å². The highest BCUT2D eigenvalue weighted by atomic mass is 32.1. The molecule has 2 aromatic heterocycles. The molecule has 5 nitrogen and oxygen atoms in total. The zero-order valence-corrected chi connectivity index (χ0v) is 14.2. The number of nitriles is 1. The SMILES string of the molecule is CCc1nc(CN2CCCN(c3ncccc3C#N)CC2)cs1. The second-order valence-electron chi connectivity index (χ2n) is 5.69. The summed E-state index contributed by atoms with van der Waals surface area (Å²) < 4.78 is 0. The summed E-state index contributed by atoms with van der Waals surface area (Å²) in [6, 6.07) is 5.91. The van der Waals surface area contributed by atoms with Crippen molar-refractivity contribution in [1.82, 2.24) is 14.9 Å². The van der Waals surface area contributed by atoms with Gasteiger partial charge in [0.2, 0.25) is 0 Å². The first-order chi connectivity index (χ1) is 11.3. The molecule has 0 spiro atoms. The molecule has 0 aliphatic carbocycles. The van der Waals surface area contributed by atoms with E-state index in [-0.39, 0.29) is 0 Å². The Morgan fingerprint density at radius 1 is 1.30 bits per heavy atom. The highest BCUT2D eigenvalue weighted by molar-refractivity contribution is 7.09. The molecule has 120 valence electrons. The van der Waals surface area contributed by atoms with Gasteiger partial charge in [-0.2, -0.15) is 5.26 Å². The van der Waals surface area contributed by atoms with Crippen molar-refractivity contribution in [3.63, 3.8) is 0 Å². The number of aryl methyl sites for hydroxylation is 1. The van der Waals surface area contributed by atoms with Crippen molar-refractivity contribution < 1.29 is 0 Å². The molecule has 2 aromatic rings. The van der Waals surface area contributed by atoms with Crippen molar-refractivity contribution in [2.45, 2.75) is 26.3 Å². The third-order valence-electron chi connectivity index (χ3n) is 4.08. The molecule has 23 heavy (non-hydrogen) atoms. The summed E-state index contributed by atoms with van der Waals surface area (Å²) in [6.45, 7) is 6.93. The van der Waals surface area contributed by atoms with Crippen LogP contribution in [0, 0.1) is 11.3 Å². The third kappa shape index (κ3) is 3.87. The lowest BCUT2D eigenvalue weighted by Gasteiger charge is -2.23. The second-order valence-corrected chi connectivity index (χ2v) is 6.63. The Kier molecular flexibility index (Phi) is 5.21. The molecule has 0 unspecified atom stereocenters. The van der Waals surface area contributed by atoms with Gasteiger partial charge in [-0.1, -0.05) is 6.92 Å². The molecule has 0 bridgehead atoms. The molecule has 3 rings (SSSR count). The van der Waals surface area contributed by atoms with E-state index in [4.69, 9.17) is 0 Å². The number of hydrogen-bond acceptors (Lipinski definition) is 6. The van der Waals surface area contributed by atoms with Gasteiger partial charge in [-0.05, 0) is 25.0 Å².